The predicted octanol–water partition coefficient (Wildman–Crippen LogP) is 2.25. The molecular weight excluding hydrogens is 230 g/mol. The summed E-state index contributed by atoms with van der Waals surface area (Å²) in [5.74, 6) is -0.693. The first-order chi connectivity index (χ1) is 8.59. The smallest absolute Gasteiger partial charge is 0.354 e. The Morgan fingerprint density at radius 3 is 2.67 bits per heavy atom. The molecule has 0 saturated heterocycles. The number of aromatic nitrogens is 2. The molecule has 18 heavy (non-hydrogen) atoms. The van der Waals surface area contributed by atoms with Crippen molar-refractivity contribution in [2.24, 2.45) is 0 Å². The van der Waals surface area contributed by atoms with Crippen molar-refractivity contribution in [2.75, 3.05) is 11.9 Å². The van der Waals surface area contributed by atoms with Gasteiger partial charge >= 0.3 is 5.97 Å². The van der Waals surface area contributed by atoms with E-state index >= 15 is 0 Å². The Balaban J connectivity index is 2.40. The highest BCUT2D eigenvalue weighted by Crippen LogP contribution is 2.23. The molecule has 0 aliphatic heterocycles. The van der Waals surface area contributed by atoms with Crippen molar-refractivity contribution in [3.63, 3.8) is 0 Å². The van der Waals surface area contributed by atoms with Gasteiger partial charge in [0.15, 0.2) is 5.69 Å². The Bertz CT molecular complexity index is 584. The van der Waals surface area contributed by atoms with Crippen LogP contribution in [0.15, 0.2) is 36.5 Å². The number of hydrogen-bond acceptors (Lipinski definition) is 4. The van der Waals surface area contributed by atoms with Gasteiger partial charge in [0, 0.05) is 18.9 Å². The van der Waals surface area contributed by atoms with E-state index in [0.29, 0.717) is 5.95 Å². The molecule has 0 fully saturated rings. The highest BCUT2D eigenvalue weighted by Gasteiger charge is 2.12. The zero-order valence-electron chi connectivity index (χ0n) is 10.2. The van der Waals surface area contributed by atoms with Crippen LogP contribution in [0.1, 0.15) is 16.1 Å². The third kappa shape index (κ3) is 2.29. The van der Waals surface area contributed by atoms with Crippen LogP contribution in [0.4, 0.5) is 11.6 Å². The minimum absolute atomic E-state index is 0.0135. The van der Waals surface area contributed by atoms with Gasteiger partial charge in [-0.05, 0) is 24.6 Å². The highest BCUT2D eigenvalue weighted by molar-refractivity contribution is 5.85. The van der Waals surface area contributed by atoms with E-state index in [4.69, 9.17) is 5.11 Å². The number of anilines is 2. The van der Waals surface area contributed by atoms with Gasteiger partial charge in [-0.3, -0.25) is 0 Å². The molecule has 2 rings (SSSR count). The number of carboxylic acids is 1. The first kappa shape index (κ1) is 12.0. The normalized spacial score (nSPS) is 10.1. The van der Waals surface area contributed by atoms with E-state index in [2.05, 4.69) is 9.97 Å². The molecule has 0 atom stereocenters. The molecule has 5 heteroatoms. The largest absolute Gasteiger partial charge is 0.477 e. The van der Waals surface area contributed by atoms with Gasteiger partial charge in [0.05, 0.1) is 0 Å². The summed E-state index contributed by atoms with van der Waals surface area (Å²) in [7, 11) is 1.81. The number of carboxylic acid groups (broad SMARTS) is 1. The summed E-state index contributed by atoms with van der Waals surface area (Å²) in [6.45, 7) is 1.98. The number of rotatable bonds is 3. The van der Waals surface area contributed by atoms with E-state index in [0.717, 1.165) is 11.3 Å². The minimum Gasteiger partial charge on any atom is -0.477 e. The molecule has 0 bridgehead atoms. The predicted molar refractivity (Wildman–Crippen MR) is 68.2 cm³/mol. The third-order valence-corrected chi connectivity index (χ3v) is 2.64. The molecule has 0 saturated carbocycles. The van der Waals surface area contributed by atoms with Crippen LogP contribution >= 0.6 is 0 Å². The van der Waals surface area contributed by atoms with Crippen molar-refractivity contribution in [2.45, 2.75) is 6.92 Å². The number of aromatic carboxylic acids is 1. The van der Waals surface area contributed by atoms with Crippen molar-refractivity contribution in [1.29, 1.82) is 0 Å². The van der Waals surface area contributed by atoms with Gasteiger partial charge in [-0.1, -0.05) is 18.2 Å². The van der Waals surface area contributed by atoms with Gasteiger partial charge in [-0.25, -0.2) is 14.8 Å². The Labute approximate surface area is 105 Å². The molecule has 0 aliphatic carbocycles. The molecule has 0 unspecified atom stereocenters. The number of para-hydroxylation sites is 1. The van der Waals surface area contributed by atoms with Crippen LogP contribution in [0.25, 0.3) is 0 Å². The van der Waals surface area contributed by atoms with Gasteiger partial charge in [0.1, 0.15) is 0 Å². The van der Waals surface area contributed by atoms with Gasteiger partial charge in [-0.2, -0.15) is 0 Å². The van der Waals surface area contributed by atoms with Gasteiger partial charge in [-0.15, -0.1) is 0 Å². The highest BCUT2D eigenvalue weighted by atomic mass is 16.4. The summed E-state index contributed by atoms with van der Waals surface area (Å²) in [4.78, 5) is 20.7. The molecule has 0 spiro atoms. The van der Waals surface area contributed by atoms with Crippen molar-refractivity contribution in [3.8, 4) is 0 Å². The molecule has 0 radical (unpaired) electrons. The lowest BCUT2D eigenvalue weighted by atomic mass is 10.2. The number of nitrogens with zero attached hydrogens (tertiary/aromatic N) is 3. The van der Waals surface area contributed by atoms with Crippen LogP contribution in [-0.2, 0) is 0 Å². The van der Waals surface area contributed by atoms with E-state index in [1.807, 2.05) is 38.2 Å². The topological polar surface area (TPSA) is 66.3 Å². The van der Waals surface area contributed by atoms with Crippen molar-refractivity contribution in [3.05, 3.63) is 47.8 Å². The van der Waals surface area contributed by atoms with Crippen molar-refractivity contribution in [1.82, 2.24) is 9.97 Å². The van der Waals surface area contributed by atoms with E-state index in [1.165, 1.54) is 12.3 Å². The van der Waals surface area contributed by atoms with Crippen LogP contribution in [0.2, 0.25) is 0 Å². The van der Waals surface area contributed by atoms with Crippen molar-refractivity contribution < 1.29 is 9.90 Å². The summed E-state index contributed by atoms with van der Waals surface area (Å²) < 4.78 is 0. The zero-order chi connectivity index (χ0) is 13.1. The summed E-state index contributed by atoms with van der Waals surface area (Å²) in [6, 6.07) is 9.15. The Morgan fingerprint density at radius 1 is 1.28 bits per heavy atom. The van der Waals surface area contributed by atoms with Gasteiger partial charge in [0.25, 0.3) is 0 Å². The Kier molecular flexibility index (Phi) is 3.23. The van der Waals surface area contributed by atoms with Crippen LogP contribution < -0.4 is 4.90 Å². The fourth-order valence-electron chi connectivity index (χ4n) is 1.68. The molecule has 5 nitrogen and oxygen atoms in total. The lowest BCUT2D eigenvalue weighted by Crippen LogP contribution is -2.15. The fourth-order valence-corrected chi connectivity index (χ4v) is 1.68. The number of aryl methyl sites for hydroxylation is 1. The zero-order valence-corrected chi connectivity index (χ0v) is 10.2. The quantitative estimate of drug-likeness (QED) is 0.895. The van der Waals surface area contributed by atoms with Gasteiger partial charge < -0.3 is 10.0 Å². The maximum absolute atomic E-state index is 10.9. The first-order valence-electron chi connectivity index (χ1n) is 5.45. The average molecular weight is 243 g/mol. The molecule has 2 aromatic rings. The minimum atomic E-state index is -1.06. The number of carbonyl (C=O) groups is 1. The SMILES string of the molecule is Cc1ccccc1N(C)c1nccc(C(=O)O)n1. The van der Waals surface area contributed by atoms with Crippen LogP contribution in [0, 0.1) is 6.92 Å². The second-order valence-corrected chi connectivity index (χ2v) is 3.89. The second kappa shape index (κ2) is 4.83. The molecule has 1 heterocycles. The van der Waals surface area contributed by atoms with Crippen LogP contribution in [-0.4, -0.2) is 28.1 Å². The Morgan fingerprint density at radius 2 is 2.00 bits per heavy atom. The van der Waals surface area contributed by atoms with Gasteiger partial charge in [0.2, 0.25) is 5.95 Å². The first-order valence-corrected chi connectivity index (χ1v) is 5.45. The second-order valence-electron chi connectivity index (χ2n) is 3.89. The third-order valence-electron chi connectivity index (χ3n) is 2.64. The Hall–Kier alpha value is -2.43. The molecule has 92 valence electrons. The lowest BCUT2D eigenvalue weighted by molar-refractivity contribution is 0.0690. The molecule has 1 N–H and O–H groups in total. The van der Waals surface area contributed by atoms with Crippen molar-refractivity contribution >= 4 is 17.6 Å². The molecule has 1 aromatic carbocycles. The monoisotopic (exact) mass is 243 g/mol. The maximum atomic E-state index is 10.9. The maximum Gasteiger partial charge on any atom is 0.354 e. The lowest BCUT2D eigenvalue weighted by Gasteiger charge is -2.19. The summed E-state index contributed by atoms with van der Waals surface area (Å²) in [5, 5.41) is 8.91. The molecule has 0 amide bonds. The van der Waals surface area contributed by atoms with E-state index in [9.17, 15) is 4.79 Å². The summed E-state index contributed by atoms with van der Waals surface area (Å²) in [5.41, 5.74) is 2.00. The number of hydrogen-bond donors (Lipinski definition) is 1. The van der Waals surface area contributed by atoms with E-state index in [-0.39, 0.29) is 5.69 Å². The summed E-state index contributed by atoms with van der Waals surface area (Å²) in [6.07, 6.45) is 1.44. The van der Waals surface area contributed by atoms with E-state index < -0.39 is 5.97 Å². The molecule has 0 aliphatic rings. The summed E-state index contributed by atoms with van der Waals surface area (Å²) >= 11 is 0. The van der Waals surface area contributed by atoms with Crippen LogP contribution in [0.3, 0.4) is 0 Å². The van der Waals surface area contributed by atoms with E-state index in [1.54, 1.807) is 4.90 Å². The van der Waals surface area contributed by atoms with Crippen LogP contribution in [0.5, 0.6) is 0 Å². The molecule has 1 aromatic heterocycles. The number of benzene rings is 1. The standard InChI is InChI=1S/C13H13N3O2/c1-9-5-3-4-6-11(9)16(2)13-14-8-7-10(15-13)12(17)18/h3-8H,1-2H3,(H,17,18). The molecular formula is C13H13N3O2. The average Bonchev–Trinajstić information content (AvgIpc) is 2.38. The fraction of sp³-hybridized carbons (Fsp3) is 0.154.